The van der Waals surface area contributed by atoms with Crippen LogP contribution in [0.5, 0.6) is 0 Å². The number of rotatable bonds is 4. The second-order valence-electron chi connectivity index (χ2n) is 7.24. The van der Waals surface area contributed by atoms with Gasteiger partial charge in [0, 0.05) is 12.5 Å². The van der Waals surface area contributed by atoms with Crippen molar-refractivity contribution in [2.45, 2.75) is 51.7 Å². The van der Waals surface area contributed by atoms with Crippen LogP contribution in [0.15, 0.2) is 24.3 Å². The molecule has 1 aromatic rings. The Morgan fingerprint density at radius 2 is 1.67 bits per heavy atom. The number of ether oxygens (including phenoxy) is 1. The molecule has 0 fully saturated rings. The summed E-state index contributed by atoms with van der Waals surface area (Å²) in [6.07, 6.45) is -0.698. The van der Waals surface area contributed by atoms with Crippen LogP contribution >= 0.6 is 0 Å². The monoisotopic (exact) mass is 332 g/mol. The van der Waals surface area contributed by atoms with Gasteiger partial charge in [-0.1, -0.05) is 26.0 Å². The molecule has 6 heteroatoms. The molecule has 1 N–H and O–H groups in total. The molecule has 0 heterocycles. The number of nitrogens with zero attached hydrogens (tertiary/aromatic N) is 2. The number of carbonyl (C=O) groups is 2. The third kappa shape index (κ3) is 4.48. The maximum Gasteiger partial charge on any atom is 0.410 e. The van der Waals surface area contributed by atoms with E-state index in [9.17, 15) is 14.7 Å². The molecule has 0 radical (unpaired) electrons. The maximum atomic E-state index is 12.3. The van der Waals surface area contributed by atoms with E-state index in [-0.39, 0.29) is 0 Å². The lowest BCUT2D eigenvalue weighted by Crippen LogP contribution is -2.54. The number of benzene rings is 1. The van der Waals surface area contributed by atoms with E-state index < -0.39 is 29.1 Å². The molecule has 0 aliphatic carbocycles. The zero-order valence-corrected chi connectivity index (χ0v) is 15.0. The minimum absolute atomic E-state index is 0.488. The fraction of sp³-hybridized carbons (Fsp3) is 0.500. The van der Waals surface area contributed by atoms with E-state index in [1.807, 2.05) is 6.07 Å². The van der Waals surface area contributed by atoms with E-state index >= 15 is 0 Å². The molecule has 0 aliphatic rings. The standard InChI is InChI=1S/C18H24N2O4/c1-17(2,3)24-16(23)20(6)14(15(21)22)18(4,5)13-9-7-12(11-19)8-10-13/h7-10,14H,1-6H3,(H,21,22). The maximum absolute atomic E-state index is 12.3. The molecule has 6 nitrogen and oxygen atoms in total. The van der Waals surface area contributed by atoms with E-state index in [4.69, 9.17) is 10.00 Å². The lowest BCUT2D eigenvalue weighted by Gasteiger charge is -2.38. The van der Waals surface area contributed by atoms with Gasteiger partial charge >= 0.3 is 12.1 Å². The average molecular weight is 332 g/mol. The van der Waals surface area contributed by atoms with Gasteiger partial charge < -0.3 is 9.84 Å². The summed E-state index contributed by atoms with van der Waals surface area (Å²) in [5.41, 5.74) is -0.399. The summed E-state index contributed by atoms with van der Waals surface area (Å²) in [4.78, 5) is 25.2. The minimum Gasteiger partial charge on any atom is -0.480 e. The van der Waals surface area contributed by atoms with Crippen molar-refractivity contribution in [3.05, 3.63) is 35.4 Å². The van der Waals surface area contributed by atoms with E-state index in [2.05, 4.69) is 0 Å². The fourth-order valence-corrected chi connectivity index (χ4v) is 2.53. The number of hydrogen-bond donors (Lipinski definition) is 1. The van der Waals surface area contributed by atoms with E-state index in [1.54, 1.807) is 58.9 Å². The van der Waals surface area contributed by atoms with Crippen molar-refractivity contribution in [1.82, 2.24) is 4.90 Å². The van der Waals surface area contributed by atoms with Crippen LogP contribution < -0.4 is 0 Å². The van der Waals surface area contributed by atoms with Gasteiger partial charge in [-0.3, -0.25) is 4.90 Å². The van der Waals surface area contributed by atoms with Crippen molar-refractivity contribution in [2.75, 3.05) is 7.05 Å². The normalized spacial score (nSPS) is 12.9. The van der Waals surface area contributed by atoms with Crippen molar-refractivity contribution in [2.24, 2.45) is 0 Å². The van der Waals surface area contributed by atoms with Crippen molar-refractivity contribution < 1.29 is 19.4 Å². The summed E-state index contributed by atoms with van der Waals surface area (Å²) in [6.45, 7) is 8.66. The molecule has 1 atom stereocenters. The highest BCUT2D eigenvalue weighted by atomic mass is 16.6. The first kappa shape index (κ1) is 19.5. The zero-order chi connectivity index (χ0) is 18.7. The largest absolute Gasteiger partial charge is 0.480 e. The zero-order valence-electron chi connectivity index (χ0n) is 15.0. The van der Waals surface area contributed by atoms with Crippen molar-refractivity contribution in [3.63, 3.8) is 0 Å². The molecule has 24 heavy (non-hydrogen) atoms. The number of hydrogen-bond acceptors (Lipinski definition) is 4. The molecule has 0 saturated carbocycles. The second kappa shape index (κ2) is 6.91. The van der Waals surface area contributed by atoms with E-state index in [0.717, 1.165) is 4.90 Å². The predicted molar refractivity (Wildman–Crippen MR) is 89.6 cm³/mol. The van der Waals surface area contributed by atoms with Crippen LogP contribution in [0.3, 0.4) is 0 Å². The van der Waals surface area contributed by atoms with E-state index in [1.165, 1.54) is 7.05 Å². The Balaban J connectivity index is 3.19. The highest BCUT2D eigenvalue weighted by molar-refractivity contribution is 5.82. The fourth-order valence-electron chi connectivity index (χ4n) is 2.53. The Kier molecular flexibility index (Phi) is 5.62. The molecule has 1 unspecified atom stereocenters. The van der Waals surface area contributed by atoms with Gasteiger partial charge in [0.25, 0.3) is 0 Å². The van der Waals surface area contributed by atoms with Gasteiger partial charge in [0.1, 0.15) is 11.6 Å². The number of nitriles is 1. The molecule has 0 bridgehead atoms. The van der Waals surface area contributed by atoms with Crippen LogP contribution in [0.25, 0.3) is 0 Å². The Bertz CT molecular complexity index is 651. The summed E-state index contributed by atoms with van der Waals surface area (Å²) in [7, 11) is 1.41. The molecule has 1 amide bonds. The molecule has 1 aromatic carbocycles. The minimum atomic E-state index is -1.13. The Labute approximate surface area is 142 Å². The number of aliphatic carboxylic acids is 1. The highest BCUT2D eigenvalue weighted by Gasteiger charge is 2.42. The lowest BCUT2D eigenvalue weighted by atomic mass is 9.77. The van der Waals surface area contributed by atoms with Gasteiger partial charge in [0.15, 0.2) is 0 Å². The first-order chi connectivity index (χ1) is 10.9. The molecule has 0 saturated heterocycles. The molecule has 1 rings (SSSR count). The van der Waals surface area contributed by atoms with Gasteiger partial charge in [-0.25, -0.2) is 9.59 Å². The first-order valence-electron chi connectivity index (χ1n) is 7.59. The van der Waals surface area contributed by atoms with Crippen LogP contribution in [0.1, 0.15) is 45.7 Å². The summed E-state index contributed by atoms with van der Waals surface area (Å²) in [5, 5.41) is 18.6. The first-order valence-corrected chi connectivity index (χ1v) is 7.59. The molecular weight excluding hydrogens is 308 g/mol. The van der Waals surface area contributed by atoms with Crippen molar-refractivity contribution >= 4 is 12.1 Å². The Morgan fingerprint density at radius 3 is 2.04 bits per heavy atom. The van der Waals surface area contributed by atoms with Gasteiger partial charge in [-0.15, -0.1) is 0 Å². The van der Waals surface area contributed by atoms with Crippen LogP contribution in [0, 0.1) is 11.3 Å². The van der Waals surface area contributed by atoms with Gasteiger partial charge in [0.2, 0.25) is 0 Å². The van der Waals surface area contributed by atoms with Crippen LogP contribution in [0.4, 0.5) is 4.79 Å². The van der Waals surface area contributed by atoms with Crippen LogP contribution in [0.2, 0.25) is 0 Å². The lowest BCUT2D eigenvalue weighted by molar-refractivity contribution is -0.145. The number of carbonyl (C=O) groups excluding carboxylic acids is 1. The Morgan fingerprint density at radius 1 is 1.17 bits per heavy atom. The van der Waals surface area contributed by atoms with Crippen LogP contribution in [-0.4, -0.2) is 40.8 Å². The van der Waals surface area contributed by atoms with E-state index in [0.29, 0.717) is 11.1 Å². The summed E-state index contributed by atoms with van der Waals surface area (Å²) in [6, 6.07) is 7.57. The summed E-state index contributed by atoms with van der Waals surface area (Å²) in [5.74, 6) is -1.13. The smallest absolute Gasteiger partial charge is 0.410 e. The molecule has 0 aromatic heterocycles. The molecule has 130 valence electrons. The molecule has 0 aliphatic heterocycles. The SMILES string of the molecule is CN(C(=O)OC(C)(C)C)C(C(=O)O)C(C)(C)c1ccc(C#N)cc1. The second-order valence-corrected chi connectivity index (χ2v) is 7.24. The van der Waals surface area contributed by atoms with Crippen molar-refractivity contribution in [1.29, 1.82) is 5.26 Å². The number of carboxylic acid groups (broad SMARTS) is 1. The summed E-state index contributed by atoms with van der Waals surface area (Å²) < 4.78 is 5.28. The third-order valence-electron chi connectivity index (χ3n) is 3.74. The molecule has 0 spiro atoms. The highest BCUT2D eigenvalue weighted by Crippen LogP contribution is 2.31. The van der Waals surface area contributed by atoms with Gasteiger partial charge in [-0.05, 0) is 38.5 Å². The predicted octanol–water partition coefficient (Wildman–Crippen LogP) is 3.16. The van der Waals surface area contributed by atoms with Gasteiger partial charge in [-0.2, -0.15) is 5.26 Å². The van der Waals surface area contributed by atoms with Gasteiger partial charge in [0.05, 0.1) is 11.6 Å². The summed E-state index contributed by atoms with van der Waals surface area (Å²) >= 11 is 0. The number of amides is 1. The average Bonchev–Trinajstić information content (AvgIpc) is 2.44. The Hall–Kier alpha value is -2.55. The third-order valence-corrected chi connectivity index (χ3v) is 3.74. The number of carboxylic acids is 1. The van der Waals surface area contributed by atoms with Crippen LogP contribution in [-0.2, 0) is 14.9 Å². The van der Waals surface area contributed by atoms with Crippen molar-refractivity contribution in [3.8, 4) is 6.07 Å². The molecular formula is C18H24N2O4. The quantitative estimate of drug-likeness (QED) is 0.914. The number of likely N-dealkylation sites (N-methyl/N-ethyl adjacent to an activating group) is 1. The topological polar surface area (TPSA) is 90.6 Å².